The molecular formula is C28H32ClN7O3. The van der Waals surface area contributed by atoms with E-state index in [2.05, 4.69) is 31.0 Å². The molecular weight excluding hydrogens is 518 g/mol. The van der Waals surface area contributed by atoms with Crippen molar-refractivity contribution in [1.82, 2.24) is 20.4 Å². The number of aryl methyl sites for hydroxylation is 1. The van der Waals surface area contributed by atoms with Crippen LogP contribution in [0.2, 0.25) is 5.02 Å². The molecule has 204 valence electrons. The number of hydrogen-bond donors (Lipinski definition) is 4. The Kier molecular flexibility index (Phi) is 9.00. The highest BCUT2D eigenvalue weighted by Crippen LogP contribution is 2.25. The van der Waals surface area contributed by atoms with E-state index in [0.717, 1.165) is 24.2 Å². The van der Waals surface area contributed by atoms with Crippen LogP contribution in [0, 0.1) is 6.92 Å². The van der Waals surface area contributed by atoms with Crippen molar-refractivity contribution < 1.29 is 14.4 Å². The zero-order chi connectivity index (χ0) is 27.9. The second-order valence-electron chi connectivity index (χ2n) is 9.65. The summed E-state index contributed by atoms with van der Waals surface area (Å²) >= 11 is 6.22. The lowest BCUT2D eigenvalue weighted by Crippen LogP contribution is -2.37. The summed E-state index contributed by atoms with van der Waals surface area (Å²) < 4.78 is 0. The Morgan fingerprint density at radius 2 is 1.95 bits per heavy atom. The predicted octanol–water partition coefficient (Wildman–Crippen LogP) is 3.69. The Labute approximate surface area is 232 Å². The molecule has 39 heavy (non-hydrogen) atoms. The Balaban J connectivity index is 1.34. The molecule has 4 N–H and O–H groups in total. The van der Waals surface area contributed by atoms with E-state index in [1.807, 2.05) is 43.3 Å². The quantitative estimate of drug-likeness (QED) is 0.302. The van der Waals surface area contributed by atoms with Crippen LogP contribution in [0.1, 0.15) is 32.8 Å². The topological polar surface area (TPSA) is 122 Å². The predicted molar refractivity (Wildman–Crippen MR) is 154 cm³/mol. The average Bonchev–Trinajstić information content (AvgIpc) is 3.53. The van der Waals surface area contributed by atoms with Gasteiger partial charge in [-0.15, -0.1) is 0 Å². The molecule has 11 heteroatoms. The first-order chi connectivity index (χ1) is 18.7. The maximum atomic E-state index is 13.0. The summed E-state index contributed by atoms with van der Waals surface area (Å²) in [4.78, 5) is 42.2. The molecule has 1 aromatic heterocycles. The molecule has 10 nitrogen and oxygen atoms in total. The molecule has 0 spiro atoms. The number of carbonyl (C=O) groups excluding carboxylic acids is 3. The number of amides is 3. The van der Waals surface area contributed by atoms with Crippen molar-refractivity contribution in [2.24, 2.45) is 0 Å². The van der Waals surface area contributed by atoms with E-state index >= 15 is 0 Å². The first-order valence-electron chi connectivity index (χ1n) is 12.6. The van der Waals surface area contributed by atoms with Gasteiger partial charge < -0.3 is 25.8 Å². The summed E-state index contributed by atoms with van der Waals surface area (Å²) in [5.74, 6) is -0.968. The molecule has 1 atom stereocenters. The third-order valence-corrected chi connectivity index (χ3v) is 6.62. The molecule has 0 bridgehead atoms. The van der Waals surface area contributed by atoms with Gasteiger partial charge in [-0.2, -0.15) is 5.10 Å². The molecule has 4 rings (SSSR count). The Bertz CT molecular complexity index is 1360. The van der Waals surface area contributed by atoms with E-state index in [1.54, 1.807) is 31.2 Å². The lowest BCUT2D eigenvalue weighted by atomic mass is 10.1. The maximum Gasteiger partial charge on any atom is 0.271 e. The Morgan fingerprint density at radius 3 is 2.72 bits per heavy atom. The van der Waals surface area contributed by atoms with Crippen molar-refractivity contribution in [3.63, 3.8) is 0 Å². The van der Waals surface area contributed by atoms with Gasteiger partial charge in [0, 0.05) is 43.1 Å². The molecule has 1 aliphatic heterocycles. The summed E-state index contributed by atoms with van der Waals surface area (Å²) in [6, 6.07) is 12.7. The van der Waals surface area contributed by atoms with Crippen LogP contribution in [0.25, 0.3) is 0 Å². The molecule has 0 radical (unpaired) electrons. The van der Waals surface area contributed by atoms with E-state index < -0.39 is 5.91 Å². The summed E-state index contributed by atoms with van der Waals surface area (Å²) in [6.45, 7) is 3.81. The van der Waals surface area contributed by atoms with Crippen LogP contribution in [0.4, 0.5) is 17.1 Å². The lowest BCUT2D eigenvalue weighted by molar-refractivity contribution is -0.111. The number of nitrogens with zero attached hydrogens (tertiary/aromatic N) is 3. The van der Waals surface area contributed by atoms with Gasteiger partial charge in [-0.25, -0.2) is 0 Å². The number of aromatic amines is 1. The zero-order valence-electron chi connectivity index (χ0n) is 22.1. The van der Waals surface area contributed by atoms with Crippen LogP contribution in [-0.2, 0) is 4.79 Å². The highest BCUT2D eigenvalue weighted by molar-refractivity contribution is 6.34. The third-order valence-electron chi connectivity index (χ3n) is 6.31. The molecule has 0 aliphatic carbocycles. The zero-order valence-corrected chi connectivity index (χ0v) is 22.9. The smallest absolute Gasteiger partial charge is 0.271 e. The first-order valence-corrected chi connectivity index (χ1v) is 13.0. The number of likely N-dealkylation sites (N-methyl/N-ethyl adjacent to an activating group) is 1. The monoisotopic (exact) mass is 549 g/mol. The minimum atomic E-state index is -0.416. The summed E-state index contributed by atoms with van der Waals surface area (Å²) in [6.07, 6.45) is 5.47. The Morgan fingerprint density at radius 1 is 1.15 bits per heavy atom. The molecule has 0 saturated carbocycles. The van der Waals surface area contributed by atoms with Crippen LogP contribution >= 0.6 is 11.6 Å². The van der Waals surface area contributed by atoms with E-state index in [-0.39, 0.29) is 29.2 Å². The van der Waals surface area contributed by atoms with Crippen molar-refractivity contribution in [2.45, 2.75) is 19.4 Å². The lowest BCUT2D eigenvalue weighted by Gasteiger charge is -2.20. The fourth-order valence-electron chi connectivity index (χ4n) is 4.36. The van der Waals surface area contributed by atoms with E-state index in [1.165, 1.54) is 12.3 Å². The normalized spacial score (nSPS) is 15.1. The van der Waals surface area contributed by atoms with Crippen molar-refractivity contribution >= 4 is 46.4 Å². The minimum Gasteiger partial charge on any atom is -0.369 e. The third kappa shape index (κ3) is 7.24. The fourth-order valence-corrected chi connectivity index (χ4v) is 4.67. The van der Waals surface area contributed by atoms with Crippen LogP contribution < -0.4 is 20.9 Å². The highest BCUT2D eigenvalue weighted by Gasteiger charge is 2.27. The number of nitrogens with one attached hydrogen (secondary N) is 4. The molecule has 2 aromatic carbocycles. The van der Waals surface area contributed by atoms with E-state index in [9.17, 15) is 14.4 Å². The van der Waals surface area contributed by atoms with Crippen LogP contribution in [0.5, 0.6) is 0 Å². The van der Waals surface area contributed by atoms with Gasteiger partial charge in [-0.3, -0.25) is 19.5 Å². The van der Waals surface area contributed by atoms with Crippen molar-refractivity contribution in [3.05, 3.63) is 82.7 Å². The molecule has 3 amide bonds. The van der Waals surface area contributed by atoms with Gasteiger partial charge >= 0.3 is 0 Å². The van der Waals surface area contributed by atoms with Crippen LogP contribution in [0.15, 0.2) is 60.8 Å². The van der Waals surface area contributed by atoms with Gasteiger partial charge in [0.2, 0.25) is 5.91 Å². The van der Waals surface area contributed by atoms with Gasteiger partial charge in [0.05, 0.1) is 22.5 Å². The fraction of sp³-hybridized carbons (Fsp3) is 0.286. The SMILES string of the molecule is Cc1cccc(Cl)c1C(=O)Nc1cn[nH]c1C(=O)N[C@H]1CCN(c2cccc(NC(=O)/C=C/CN(C)C)c2)C1. The number of carbonyl (C=O) groups is 3. The van der Waals surface area contributed by atoms with Gasteiger partial charge in [-0.05, 0) is 57.3 Å². The van der Waals surface area contributed by atoms with Gasteiger partial charge in [-0.1, -0.05) is 35.9 Å². The van der Waals surface area contributed by atoms with Crippen molar-refractivity contribution in [2.75, 3.05) is 49.3 Å². The number of aromatic nitrogens is 2. The first kappa shape index (κ1) is 27.9. The number of hydrogen-bond acceptors (Lipinski definition) is 6. The van der Waals surface area contributed by atoms with E-state index in [0.29, 0.717) is 29.4 Å². The number of halogens is 1. The van der Waals surface area contributed by atoms with Crippen molar-refractivity contribution in [1.29, 1.82) is 0 Å². The maximum absolute atomic E-state index is 13.0. The second kappa shape index (κ2) is 12.6. The molecule has 1 aliphatic rings. The highest BCUT2D eigenvalue weighted by atomic mass is 35.5. The molecule has 2 heterocycles. The molecule has 1 fully saturated rings. The number of rotatable bonds is 9. The van der Waals surface area contributed by atoms with E-state index in [4.69, 9.17) is 11.6 Å². The van der Waals surface area contributed by atoms with Crippen LogP contribution in [0.3, 0.4) is 0 Å². The Hall–Kier alpha value is -4.15. The standard InChI is InChI=1S/C28H32ClN7O3/c1-18-7-4-10-22(29)25(18)27(38)33-23-16-30-34-26(23)28(39)32-20-12-14-36(17-20)21-9-5-8-19(15-21)31-24(37)11-6-13-35(2)3/h4-11,15-16,20H,12-14,17H2,1-3H3,(H,30,34)(H,31,37)(H,32,39)(H,33,38)/b11-6+/t20-/m0/s1. The summed E-state index contributed by atoms with van der Waals surface area (Å²) in [7, 11) is 3.87. The van der Waals surface area contributed by atoms with Gasteiger partial charge in [0.15, 0.2) is 0 Å². The number of H-pyrrole nitrogens is 1. The number of benzene rings is 2. The van der Waals surface area contributed by atoms with Gasteiger partial charge in [0.1, 0.15) is 5.69 Å². The molecule has 1 saturated heterocycles. The molecule has 3 aromatic rings. The van der Waals surface area contributed by atoms with Crippen molar-refractivity contribution in [3.8, 4) is 0 Å². The summed E-state index contributed by atoms with van der Waals surface area (Å²) in [5.41, 5.74) is 3.16. The number of anilines is 3. The average molecular weight is 550 g/mol. The molecule has 0 unspecified atom stereocenters. The van der Waals surface area contributed by atoms with Crippen LogP contribution in [-0.4, -0.2) is 72.6 Å². The summed E-state index contributed by atoms with van der Waals surface area (Å²) in [5, 5.41) is 15.6. The minimum absolute atomic E-state index is 0.109. The van der Waals surface area contributed by atoms with Gasteiger partial charge in [0.25, 0.3) is 11.8 Å². The largest absolute Gasteiger partial charge is 0.369 e. The second-order valence-corrected chi connectivity index (χ2v) is 10.1.